The van der Waals surface area contributed by atoms with E-state index in [1.807, 2.05) is 12.1 Å². The number of nitrogens with zero attached hydrogens (tertiary/aromatic N) is 1. The summed E-state index contributed by atoms with van der Waals surface area (Å²) in [6.07, 6.45) is 8.15. The third-order valence-corrected chi connectivity index (χ3v) is 8.21. The van der Waals surface area contributed by atoms with Gasteiger partial charge in [-0.25, -0.2) is 4.79 Å². The van der Waals surface area contributed by atoms with Crippen molar-refractivity contribution in [1.29, 1.82) is 0 Å². The number of rotatable bonds is 4. The van der Waals surface area contributed by atoms with Gasteiger partial charge in [0.05, 0.1) is 6.04 Å². The summed E-state index contributed by atoms with van der Waals surface area (Å²) in [5.74, 6) is 1.42. The van der Waals surface area contributed by atoms with Crippen LogP contribution >= 0.6 is 0 Å². The van der Waals surface area contributed by atoms with Crippen LogP contribution in [0.25, 0.3) is 0 Å². The number of amides is 2. The number of allylic oxidation sites excluding steroid dienone is 1. The van der Waals surface area contributed by atoms with E-state index in [-0.39, 0.29) is 12.1 Å². The largest absolute Gasteiger partial charge is 0.322 e. The lowest BCUT2D eigenvalue weighted by Gasteiger charge is -2.57. The molecule has 0 radical (unpaired) electrons. The van der Waals surface area contributed by atoms with Gasteiger partial charge in [-0.3, -0.25) is 0 Å². The Balaban J connectivity index is 1.45. The number of benzene rings is 2. The van der Waals surface area contributed by atoms with Crippen molar-refractivity contribution in [3.63, 3.8) is 0 Å². The minimum absolute atomic E-state index is 0.0192. The zero-order valence-electron chi connectivity index (χ0n) is 19.0. The summed E-state index contributed by atoms with van der Waals surface area (Å²) in [6.45, 7) is 7.62. The molecule has 162 valence electrons. The van der Waals surface area contributed by atoms with Gasteiger partial charge in [0, 0.05) is 12.2 Å². The van der Waals surface area contributed by atoms with Gasteiger partial charge in [0.2, 0.25) is 0 Å². The predicted molar refractivity (Wildman–Crippen MR) is 127 cm³/mol. The molecule has 3 nitrogen and oxygen atoms in total. The van der Waals surface area contributed by atoms with E-state index in [0.29, 0.717) is 11.3 Å². The number of hydrogen-bond donors (Lipinski definition) is 1. The maximum absolute atomic E-state index is 13.6. The van der Waals surface area contributed by atoms with E-state index in [4.69, 9.17) is 0 Å². The molecule has 4 aliphatic carbocycles. The summed E-state index contributed by atoms with van der Waals surface area (Å²) >= 11 is 0. The second-order valence-electron chi connectivity index (χ2n) is 10.4. The molecular weight excluding hydrogens is 380 g/mol. The van der Waals surface area contributed by atoms with Gasteiger partial charge in [-0.2, -0.15) is 0 Å². The van der Waals surface area contributed by atoms with Gasteiger partial charge in [0.15, 0.2) is 0 Å². The van der Waals surface area contributed by atoms with Crippen molar-refractivity contribution < 1.29 is 4.79 Å². The third kappa shape index (κ3) is 3.69. The summed E-state index contributed by atoms with van der Waals surface area (Å²) < 4.78 is 0. The zero-order chi connectivity index (χ0) is 21.6. The first kappa shape index (κ1) is 20.4. The smallest absolute Gasteiger partial charge is 0.313 e. The fourth-order valence-corrected chi connectivity index (χ4v) is 6.06. The number of anilines is 1. The van der Waals surface area contributed by atoms with Crippen LogP contribution in [0.3, 0.4) is 0 Å². The van der Waals surface area contributed by atoms with E-state index in [1.165, 1.54) is 28.7 Å². The summed E-state index contributed by atoms with van der Waals surface area (Å²) in [7, 11) is 0. The van der Waals surface area contributed by atoms with E-state index in [0.717, 1.165) is 43.8 Å². The van der Waals surface area contributed by atoms with E-state index < -0.39 is 0 Å². The highest BCUT2D eigenvalue weighted by Gasteiger charge is 2.51. The van der Waals surface area contributed by atoms with Crippen LogP contribution in [0, 0.1) is 24.2 Å². The van der Waals surface area contributed by atoms with Crippen LogP contribution in [-0.2, 0) is 6.42 Å². The van der Waals surface area contributed by atoms with Gasteiger partial charge in [0.25, 0.3) is 0 Å². The minimum atomic E-state index is 0.0192. The third-order valence-electron chi connectivity index (χ3n) is 8.21. The molecule has 3 atom stereocenters. The number of carbonyl (C=O) groups excluding carboxylic acids is 1. The van der Waals surface area contributed by atoms with Gasteiger partial charge in [0.1, 0.15) is 0 Å². The van der Waals surface area contributed by atoms with E-state index >= 15 is 0 Å². The van der Waals surface area contributed by atoms with Crippen molar-refractivity contribution in [2.75, 3.05) is 11.9 Å². The number of aryl methyl sites for hydroxylation is 2. The first-order valence-electron chi connectivity index (χ1n) is 11.8. The molecule has 0 aromatic heterocycles. The second kappa shape index (κ2) is 7.85. The van der Waals surface area contributed by atoms with Crippen LogP contribution < -0.4 is 5.32 Å². The molecule has 0 heterocycles. The van der Waals surface area contributed by atoms with Crippen molar-refractivity contribution in [3.05, 3.63) is 76.9 Å². The van der Waals surface area contributed by atoms with Gasteiger partial charge in [-0.05, 0) is 79.5 Å². The van der Waals surface area contributed by atoms with Crippen LogP contribution in [0.5, 0.6) is 0 Å². The van der Waals surface area contributed by atoms with Crippen molar-refractivity contribution in [1.82, 2.24) is 4.90 Å². The van der Waals surface area contributed by atoms with Crippen LogP contribution in [-0.4, -0.2) is 17.5 Å². The lowest BCUT2D eigenvalue weighted by Crippen LogP contribution is -2.51. The van der Waals surface area contributed by atoms with Crippen LogP contribution in [0.1, 0.15) is 62.3 Å². The lowest BCUT2D eigenvalue weighted by atomic mass is 9.49. The molecule has 0 saturated heterocycles. The Morgan fingerprint density at radius 2 is 1.90 bits per heavy atom. The monoisotopic (exact) mass is 414 g/mol. The molecule has 1 fully saturated rings. The van der Waals surface area contributed by atoms with Crippen LogP contribution in [0.4, 0.5) is 10.5 Å². The molecule has 2 aromatic rings. The van der Waals surface area contributed by atoms with E-state index in [2.05, 4.69) is 73.5 Å². The molecule has 3 unspecified atom stereocenters. The first-order chi connectivity index (χ1) is 14.9. The van der Waals surface area contributed by atoms with E-state index in [9.17, 15) is 4.79 Å². The Morgan fingerprint density at radius 1 is 1.13 bits per heavy atom. The highest BCUT2D eigenvalue weighted by Crippen LogP contribution is 2.59. The average Bonchev–Trinajstić information content (AvgIpc) is 2.78. The molecule has 6 rings (SSSR count). The summed E-state index contributed by atoms with van der Waals surface area (Å²) in [5.41, 5.74) is 6.63. The quantitative estimate of drug-likeness (QED) is 0.542. The van der Waals surface area contributed by atoms with Crippen LogP contribution in [0.15, 0.2) is 60.2 Å². The van der Waals surface area contributed by atoms with Gasteiger partial charge in [-0.1, -0.05) is 67.5 Å². The molecule has 1 saturated carbocycles. The van der Waals surface area contributed by atoms with Gasteiger partial charge >= 0.3 is 6.03 Å². The standard InChI is InChI=1S/C28H34N2O/c1-19-11-15-23(16-12-19)29-27(31)30(18-21-13-14-22-17-25(21)28(22,2)3)26-10-6-8-20-7-4-5-9-24(20)26/h4-5,7,9,11-13,15-16,22,25-26H,6,8,10,14,17-18H2,1-3H3,(H,29,31). The number of nitrogens with one attached hydrogen (secondary N) is 1. The Kier molecular flexibility index (Phi) is 5.16. The molecule has 0 aliphatic heterocycles. The van der Waals surface area contributed by atoms with Crippen molar-refractivity contribution in [2.45, 2.75) is 58.9 Å². The maximum atomic E-state index is 13.6. The fourth-order valence-electron chi connectivity index (χ4n) is 6.06. The zero-order valence-corrected chi connectivity index (χ0v) is 19.0. The lowest BCUT2D eigenvalue weighted by molar-refractivity contribution is -0.0105. The fraction of sp³-hybridized carbons (Fsp3) is 0.464. The van der Waals surface area contributed by atoms with Crippen molar-refractivity contribution in [2.24, 2.45) is 17.3 Å². The van der Waals surface area contributed by atoms with Crippen molar-refractivity contribution >= 4 is 11.7 Å². The number of fused-ring (bicyclic) bond motifs is 2. The van der Waals surface area contributed by atoms with Gasteiger partial charge < -0.3 is 10.2 Å². The second-order valence-corrected chi connectivity index (χ2v) is 10.4. The average molecular weight is 415 g/mol. The maximum Gasteiger partial charge on any atom is 0.322 e. The van der Waals surface area contributed by atoms with Crippen LogP contribution in [0.2, 0.25) is 0 Å². The summed E-state index contributed by atoms with van der Waals surface area (Å²) in [6, 6.07) is 17.0. The SMILES string of the molecule is Cc1ccc(NC(=O)N(CC2=CCC3CC2C3(C)C)C2CCCc3ccccc32)cc1. The Hall–Kier alpha value is -2.55. The van der Waals surface area contributed by atoms with Gasteiger partial charge in [-0.15, -0.1) is 0 Å². The molecule has 2 amide bonds. The molecule has 31 heavy (non-hydrogen) atoms. The first-order valence-corrected chi connectivity index (χ1v) is 11.8. The molecular formula is C28H34N2O. The normalized spacial score (nSPS) is 25.6. The molecule has 3 heteroatoms. The molecule has 2 aromatic carbocycles. The summed E-state index contributed by atoms with van der Waals surface area (Å²) in [5, 5.41) is 3.20. The number of urea groups is 1. The van der Waals surface area contributed by atoms with E-state index in [1.54, 1.807) is 0 Å². The predicted octanol–water partition coefficient (Wildman–Crippen LogP) is 6.90. The molecule has 1 N–H and O–H groups in total. The highest BCUT2D eigenvalue weighted by molar-refractivity contribution is 5.90. The van der Waals surface area contributed by atoms with Crippen molar-refractivity contribution in [3.8, 4) is 0 Å². The Labute approximate surface area is 186 Å². The molecule has 0 spiro atoms. The Morgan fingerprint density at radius 3 is 2.65 bits per heavy atom. The molecule has 2 bridgehead atoms. The molecule has 4 aliphatic rings. The number of carbonyl (C=O) groups is 1. The minimum Gasteiger partial charge on any atom is -0.313 e. The topological polar surface area (TPSA) is 32.3 Å². The highest BCUT2D eigenvalue weighted by atomic mass is 16.2. The number of hydrogen-bond acceptors (Lipinski definition) is 1. The summed E-state index contributed by atoms with van der Waals surface area (Å²) in [4.78, 5) is 15.8. The Bertz CT molecular complexity index is 1000.